The van der Waals surface area contributed by atoms with E-state index < -0.39 is 0 Å². The van der Waals surface area contributed by atoms with E-state index in [4.69, 9.17) is 17.3 Å². The van der Waals surface area contributed by atoms with Crippen molar-refractivity contribution in [2.45, 2.75) is 26.8 Å². The SMILES string of the molecule is CC(C)Cc1nc(-c2cc(Cl)ccc2F)sc1CN. The first-order valence-electron chi connectivity index (χ1n) is 6.15. The summed E-state index contributed by atoms with van der Waals surface area (Å²) in [5.41, 5.74) is 7.15. The molecule has 0 amide bonds. The molecular weight excluding hydrogens is 283 g/mol. The molecule has 0 saturated carbocycles. The lowest BCUT2D eigenvalue weighted by Gasteiger charge is -2.02. The summed E-state index contributed by atoms with van der Waals surface area (Å²) in [6.07, 6.45) is 0.852. The van der Waals surface area contributed by atoms with Gasteiger partial charge in [-0.15, -0.1) is 11.3 Å². The fourth-order valence-corrected chi connectivity index (χ4v) is 3.02. The van der Waals surface area contributed by atoms with Crippen LogP contribution in [0, 0.1) is 11.7 Å². The van der Waals surface area contributed by atoms with Gasteiger partial charge < -0.3 is 5.73 Å². The van der Waals surface area contributed by atoms with Crippen molar-refractivity contribution in [1.82, 2.24) is 4.98 Å². The molecule has 0 unspecified atom stereocenters. The second-order valence-corrected chi connectivity index (χ2v) is 6.34. The van der Waals surface area contributed by atoms with Crippen molar-refractivity contribution < 1.29 is 4.39 Å². The Hall–Kier alpha value is -0.970. The summed E-state index contributed by atoms with van der Waals surface area (Å²) >= 11 is 7.36. The standard InChI is InChI=1S/C14H16ClFN2S/c1-8(2)5-12-13(7-17)19-14(18-12)10-6-9(15)3-4-11(10)16/h3-4,6,8H,5,7,17H2,1-2H3. The van der Waals surface area contributed by atoms with E-state index in [0.717, 1.165) is 17.0 Å². The third-order valence-electron chi connectivity index (χ3n) is 2.72. The first kappa shape index (κ1) is 14.4. The molecule has 0 radical (unpaired) electrons. The van der Waals surface area contributed by atoms with Crippen LogP contribution in [0.4, 0.5) is 4.39 Å². The first-order chi connectivity index (χ1) is 9.01. The molecule has 2 rings (SSSR count). The van der Waals surface area contributed by atoms with E-state index in [0.29, 0.717) is 28.1 Å². The Morgan fingerprint density at radius 3 is 2.79 bits per heavy atom. The minimum atomic E-state index is -0.308. The molecule has 1 aromatic carbocycles. The normalized spacial score (nSPS) is 11.3. The van der Waals surface area contributed by atoms with Crippen LogP contribution in [0.25, 0.3) is 10.6 Å². The highest BCUT2D eigenvalue weighted by Gasteiger charge is 2.15. The summed E-state index contributed by atoms with van der Waals surface area (Å²) in [6, 6.07) is 4.51. The van der Waals surface area contributed by atoms with E-state index in [1.165, 1.54) is 23.5 Å². The topological polar surface area (TPSA) is 38.9 Å². The van der Waals surface area contributed by atoms with Crippen LogP contribution >= 0.6 is 22.9 Å². The summed E-state index contributed by atoms with van der Waals surface area (Å²) in [5, 5.41) is 1.16. The largest absolute Gasteiger partial charge is 0.326 e. The highest BCUT2D eigenvalue weighted by molar-refractivity contribution is 7.15. The fraction of sp³-hybridized carbons (Fsp3) is 0.357. The van der Waals surface area contributed by atoms with Gasteiger partial charge in [-0.05, 0) is 30.5 Å². The molecule has 1 aromatic heterocycles. The van der Waals surface area contributed by atoms with Crippen LogP contribution in [0.5, 0.6) is 0 Å². The van der Waals surface area contributed by atoms with Crippen LogP contribution in [-0.2, 0) is 13.0 Å². The van der Waals surface area contributed by atoms with Gasteiger partial charge in [0.15, 0.2) is 0 Å². The van der Waals surface area contributed by atoms with Crippen LogP contribution in [0.1, 0.15) is 24.4 Å². The smallest absolute Gasteiger partial charge is 0.133 e. The summed E-state index contributed by atoms with van der Waals surface area (Å²) in [4.78, 5) is 5.55. The van der Waals surface area contributed by atoms with Crippen LogP contribution in [0.15, 0.2) is 18.2 Å². The van der Waals surface area contributed by atoms with Gasteiger partial charge in [0.05, 0.1) is 5.69 Å². The summed E-state index contributed by atoms with van der Waals surface area (Å²) in [5.74, 6) is 0.183. The van der Waals surface area contributed by atoms with Gasteiger partial charge in [-0.1, -0.05) is 25.4 Å². The molecule has 0 aliphatic carbocycles. The Balaban J connectivity index is 2.45. The molecule has 2 aromatic rings. The monoisotopic (exact) mass is 298 g/mol. The van der Waals surface area contributed by atoms with Crippen LogP contribution in [0.2, 0.25) is 5.02 Å². The van der Waals surface area contributed by atoms with E-state index in [1.807, 2.05) is 0 Å². The Morgan fingerprint density at radius 1 is 1.42 bits per heavy atom. The number of halogens is 2. The summed E-state index contributed by atoms with van der Waals surface area (Å²) in [7, 11) is 0. The molecule has 0 bridgehead atoms. The molecule has 2 nitrogen and oxygen atoms in total. The number of benzene rings is 1. The lowest BCUT2D eigenvalue weighted by atomic mass is 10.1. The molecule has 19 heavy (non-hydrogen) atoms. The van der Waals surface area contributed by atoms with Crippen molar-refractivity contribution >= 4 is 22.9 Å². The molecule has 5 heteroatoms. The van der Waals surface area contributed by atoms with Gasteiger partial charge in [0.1, 0.15) is 10.8 Å². The van der Waals surface area contributed by atoms with Crippen molar-refractivity contribution in [3.05, 3.63) is 39.6 Å². The van der Waals surface area contributed by atoms with E-state index in [9.17, 15) is 4.39 Å². The predicted octanol–water partition coefficient (Wildman–Crippen LogP) is 4.26. The van der Waals surface area contributed by atoms with Gasteiger partial charge in [0, 0.05) is 22.0 Å². The van der Waals surface area contributed by atoms with Crippen molar-refractivity contribution in [1.29, 1.82) is 0 Å². The molecule has 0 aliphatic rings. The lowest BCUT2D eigenvalue weighted by Crippen LogP contribution is -2.02. The molecular formula is C14H16ClFN2S. The maximum atomic E-state index is 13.8. The number of rotatable bonds is 4. The summed E-state index contributed by atoms with van der Waals surface area (Å²) < 4.78 is 13.8. The molecule has 1 heterocycles. The third kappa shape index (κ3) is 3.32. The van der Waals surface area contributed by atoms with Crippen molar-refractivity contribution in [2.24, 2.45) is 11.7 Å². The number of hydrogen-bond donors (Lipinski definition) is 1. The summed E-state index contributed by atoms with van der Waals surface area (Å²) in [6.45, 7) is 4.68. The predicted molar refractivity (Wildman–Crippen MR) is 79.0 cm³/mol. The Bertz CT molecular complexity index is 581. The maximum absolute atomic E-state index is 13.8. The Morgan fingerprint density at radius 2 is 2.16 bits per heavy atom. The van der Waals surface area contributed by atoms with Gasteiger partial charge in [0.25, 0.3) is 0 Å². The highest BCUT2D eigenvalue weighted by atomic mass is 35.5. The first-order valence-corrected chi connectivity index (χ1v) is 7.34. The second kappa shape index (κ2) is 5.99. The molecule has 102 valence electrons. The zero-order chi connectivity index (χ0) is 14.0. The zero-order valence-corrected chi connectivity index (χ0v) is 12.5. The van der Waals surface area contributed by atoms with Crippen LogP contribution in [-0.4, -0.2) is 4.98 Å². The number of thiazole rings is 1. The molecule has 0 atom stereocenters. The third-order valence-corrected chi connectivity index (χ3v) is 4.11. The van der Waals surface area contributed by atoms with Gasteiger partial charge in [0.2, 0.25) is 0 Å². The molecule has 0 fully saturated rings. The Labute approximate surface area is 121 Å². The molecule has 2 N–H and O–H groups in total. The van der Waals surface area contributed by atoms with Gasteiger partial charge in [-0.2, -0.15) is 0 Å². The van der Waals surface area contributed by atoms with Crippen molar-refractivity contribution in [2.75, 3.05) is 0 Å². The Kier molecular flexibility index (Phi) is 4.55. The fourth-order valence-electron chi connectivity index (χ4n) is 1.87. The maximum Gasteiger partial charge on any atom is 0.133 e. The van der Waals surface area contributed by atoms with Gasteiger partial charge in [-0.3, -0.25) is 0 Å². The molecule has 0 saturated heterocycles. The van der Waals surface area contributed by atoms with Crippen molar-refractivity contribution in [3.63, 3.8) is 0 Å². The number of nitrogens with two attached hydrogens (primary N) is 1. The highest BCUT2D eigenvalue weighted by Crippen LogP contribution is 2.32. The van der Waals surface area contributed by atoms with Crippen molar-refractivity contribution in [3.8, 4) is 10.6 Å². The van der Waals surface area contributed by atoms with E-state index in [2.05, 4.69) is 18.8 Å². The van der Waals surface area contributed by atoms with E-state index in [1.54, 1.807) is 6.07 Å². The van der Waals surface area contributed by atoms with Crippen LogP contribution < -0.4 is 5.73 Å². The minimum Gasteiger partial charge on any atom is -0.326 e. The van der Waals surface area contributed by atoms with E-state index in [-0.39, 0.29) is 5.82 Å². The number of aromatic nitrogens is 1. The van der Waals surface area contributed by atoms with Gasteiger partial charge in [-0.25, -0.2) is 9.37 Å². The van der Waals surface area contributed by atoms with Crippen LogP contribution in [0.3, 0.4) is 0 Å². The van der Waals surface area contributed by atoms with Gasteiger partial charge >= 0.3 is 0 Å². The number of nitrogens with zero attached hydrogens (tertiary/aromatic N) is 1. The molecule has 0 aliphatic heterocycles. The average Bonchev–Trinajstić information content (AvgIpc) is 2.74. The molecule has 0 spiro atoms. The minimum absolute atomic E-state index is 0.308. The quantitative estimate of drug-likeness (QED) is 0.916. The second-order valence-electron chi connectivity index (χ2n) is 4.82. The lowest BCUT2D eigenvalue weighted by molar-refractivity contribution is 0.628. The average molecular weight is 299 g/mol. The van der Waals surface area contributed by atoms with E-state index >= 15 is 0 Å². The zero-order valence-electron chi connectivity index (χ0n) is 10.9. The number of hydrogen-bond acceptors (Lipinski definition) is 3.